The lowest BCUT2D eigenvalue weighted by Gasteiger charge is -2.23. The summed E-state index contributed by atoms with van der Waals surface area (Å²) in [6, 6.07) is 5.65. The zero-order chi connectivity index (χ0) is 10.2. The highest BCUT2D eigenvalue weighted by molar-refractivity contribution is 9.10. The molecule has 1 saturated heterocycles. The molecule has 1 aliphatic heterocycles. The van der Waals surface area contributed by atoms with Gasteiger partial charge in [0, 0.05) is 15.1 Å². The van der Waals surface area contributed by atoms with Crippen LogP contribution in [-0.4, -0.2) is 13.2 Å². The van der Waals surface area contributed by atoms with Crippen LogP contribution in [0.25, 0.3) is 0 Å². The average molecular weight is 278 g/mol. The van der Waals surface area contributed by atoms with Gasteiger partial charge in [0.2, 0.25) is 0 Å². The monoisotopic (exact) mass is 276 g/mol. The minimum absolute atomic E-state index is 0.626. The molecule has 0 saturated carbocycles. The van der Waals surface area contributed by atoms with E-state index in [1.165, 1.54) is 0 Å². The molecule has 2 rings (SSSR count). The van der Waals surface area contributed by atoms with E-state index in [2.05, 4.69) is 15.9 Å². The predicted octanol–water partition coefficient (Wildman–Crippen LogP) is 3.32. The Labute approximate surface area is 96.3 Å². The second kappa shape index (κ2) is 3.81. The van der Waals surface area contributed by atoms with E-state index in [0.717, 1.165) is 10.0 Å². The van der Waals surface area contributed by atoms with Gasteiger partial charge in [0.1, 0.15) is 0 Å². The minimum atomic E-state index is -0.645. The van der Waals surface area contributed by atoms with Crippen LogP contribution in [0, 0.1) is 0 Å². The number of hydrogen-bond acceptors (Lipinski definition) is 2. The molecule has 1 heterocycles. The Balaban J connectivity index is 2.40. The van der Waals surface area contributed by atoms with Crippen LogP contribution in [0.4, 0.5) is 0 Å². The van der Waals surface area contributed by atoms with Crippen molar-refractivity contribution in [1.82, 2.24) is 0 Å². The van der Waals surface area contributed by atoms with E-state index in [1.807, 2.05) is 25.1 Å². The summed E-state index contributed by atoms with van der Waals surface area (Å²) in [5, 5.41) is 0.676. The summed E-state index contributed by atoms with van der Waals surface area (Å²) in [6.45, 7) is 3.15. The van der Waals surface area contributed by atoms with E-state index in [4.69, 9.17) is 21.1 Å². The van der Waals surface area contributed by atoms with Crippen LogP contribution in [-0.2, 0) is 15.3 Å². The van der Waals surface area contributed by atoms with Crippen molar-refractivity contribution in [3.63, 3.8) is 0 Å². The van der Waals surface area contributed by atoms with Gasteiger partial charge in [0.25, 0.3) is 0 Å². The van der Waals surface area contributed by atoms with Gasteiger partial charge in [-0.3, -0.25) is 0 Å². The van der Waals surface area contributed by atoms with E-state index in [-0.39, 0.29) is 0 Å². The van der Waals surface area contributed by atoms with Crippen LogP contribution in [0.15, 0.2) is 22.7 Å². The van der Waals surface area contributed by atoms with Gasteiger partial charge in [0.15, 0.2) is 5.79 Å². The van der Waals surface area contributed by atoms with Crippen molar-refractivity contribution in [1.29, 1.82) is 0 Å². The van der Waals surface area contributed by atoms with Gasteiger partial charge in [-0.1, -0.05) is 27.5 Å². The molecule has 1 aliphatic rings. The van der Waals surface area contributed by atoms with Gasteiger partial charge >= 0.3 is 0 Å². The lowest BCUT2D eigenvalue weighted by atomic mass is 10.1. The van der Waals surface area contributed by atoms with Crippen molar-refractivity contribution >= 4 is 27.5 Å². The second-order valence-electron chi connectivity index (χ2n) is 3.30. The number of hydrogen-bond donors (Lipinski definition) is 0. The van der Waals surface area contributed by atoms with Crippen molar-refractivity contribution in [3.05, 3.63) is 33.3 Å². The number of rotatable bonds is 1. The fraction of sp³-hybridized carbons (Fsp3) is 0.400. The van der Waals surface area contributed by atoms with Crippen molar-refractivity contribution in [2.24, 2.45) is 0 Å². The van der Waals surface area contributed by atoms with E-state index in [0.29, 0.717) is 18.2 Å². The maximum atomic E-state index is 5.95. The van der Waals surface area contributed by atoms with Crippen molar-refractivity contribution in [2.75, 3.05) is 13.2 Å². The van der Waals surface area contributed by atoms with Crippen LogP contribution in [0.1, 0.15) is 12.5 Å². The molecule has 0 aromatic heterocycles. The summed E-state index contributed by atoms with van der Waals surface area (Å²) in [5.41, 5.74) is 0.939. The fourth-order valence-corrected chi connectivity index (χ4v) is 2.36. The van der Waals surface area contributed by atoms with Crippen LogP contribution >= 0.6 is 27.5 Å². The molecule has 14 heavy (non-hydrogen) atoms. The molecule has 0 atom stereocenters. The molecule has 0 aliphatic carbocycles. The Morgan fingerprint density at radius 1 is 1.29 bits per heavy atom. The molecule has 0 amide bonds. The van der Waals surface area contributed by atoms with Crippen LogP contribution in [0.2, 0.25) is 5.02 Å². The second-order valence-corrected chi connectivity index (χ2v) is 4.65. The zero-order valence-corrected chi connectivity index (χ0v) is 10.1. The summed E-state index contributed by atoms with van der Waals surface area (Å²) in [4.78, 5) is 0. The van der Waals surface area contributed by atoms with Crippen LogP contribution < -0.4 is 0 Å². The largest absolute Gasteiger partial charge is 0.344 e. The molecule has 0 bridgehead atoms. The Hall–Kier alpha value is -0.0900. The molecular weight excluding hydrogens is 267 g/mol. The van der Waals surface area contributed by atoms with E-state index in [1.54, 1.807) is 0 Å². The Bertz CT molecular complexity index is 328. The third kappa shape index (κ3) is 1.96. The smallest absolute Gasteiger partial charge is 0.192 e. The van der Waals surface area contributed by atoms with Crippen LogP contribution in [0.5, 0.6) is 0 Å². The first-order valence-electron chi connectivity index (χ1n) is 4.35. The third-order valence-electron chi connectivity index (χ3n) is 2.23. The minimum Gasteiger partial charge on any atom is -0.344 e. The predicted molar refractivity (Wildman–Crippen MR) is 58.4 cm³/mol. The first-order chi connectivity index (χ1) is 6.60. The molecule has 1 aromatic carbocycles. The number of ether oxygens (including phenoxy) is 2. The van der Waals surface area contributed by atoms with Crippen LogP contribution in [0.3, 0.4) is 0 Å². The quantitative estimate of drug-likeness (QED) is 0.784. The van der Waals surface area contributed by atoms with Gasteiger partial charge in [-0.05, 0) is 25.1 Å². The van der Waals surface area contributed by atoms with Crippen molar-refractivity contribution in [2.45, 2.75) is 12.7 Å². The summed E-state index contributed by atoms with van der Waals surface area (Å²) >= 11 is 9.34. The third-order valence-corrected chi connectivity index (χ3v) is 2.90. The van der Waals surface area contributed by atoms with Crippen molar-refractivity contribution in [3.8, 4) is 0 Å². The molecule has 76 valence electrons. The number of halogens is 2. The summed E-state index contributed by atoms with van der Waals surface area (Å²) in [6.07, 6.45) is 0. The molecule has 2 nitrogen and oxygen atoms in total. The lowest BCUT2D eigenvalue weighted by Crippen LogP contribution is -2.22. The van der Waals surface area contributed by atoms with Gasteiger partial charge < -0.3 is 9.47 Å². The first kappa shape index (κ1) is 10.4. The van der Waals surface area contributed by atoms with Gasteiger partial charge in [-0.15, -0.1) is 0 Å². The average Bonchev–Trinajstić information content (AvgIpc) is 2.52. The first-order valence-corrected chi connectivity index (χ1v) is 5.52. The van der Waals surface area contributed by atoms with Gasteiger partial charge in [-0.25, -0.2) is 0 Å². The molecule has 4 heteroatoms. The zero-order valence-electron chi connectivity index (χ0n) is 7.72. The number of benzene rings is 1. The normalized spacial score (nSPS) is 19.9. The summed E-state index contributed by atoms with van der Waals surface area (Å²) in [7, 11) is 0. The van der Waals surface area contributed by atoms with E-state index < -0.39 is 5.79 Å². The molecule has 1 fully saturated rings. The Morgan fingerprint density at radius 3 is 2.50 bits per heavy atom. The Kier molecular flexibility index (Phi) is 2.84. The highest BCUT2D eigenvalue weighted by Gasteiger charge is 2.33. The van der Waals surface area contributed by atoms with E-state index in [9.17, 15) is 0 Å². The van der Waals surface area contributed by atoms with Gasteiger partial charge in [-0.2, -0.15) is 0 Å². The maximum absolute atomic E-state index is 5.95. The highest BCUT2D eigenvalue weighted by Crippen LogP contribution is 2.34. The molecule has 0 radical (unpaired) electrons. The highest BCUT2D eigenvalue weighted by atomic mass is 79.9. The molecule has 0 unspecified atom stereocenters. The molecule has 0 spiro atoms. The Morgan fingerprint density at radius 2 is 1.93 bits per heavy atom. The fourth-order valence-electron chi connectivity index (χ4n) is 1.50. The van der Waals surface area contributed by atoms with Crippen molar-refractivity contribution < 1.29 is 9.47 Å². The molecular formula is C10H10BrClO2. The topological polar surface area (TPSA) is 18.5 Å². The summed E-state index contributed by atoms with van der Waals surface area (Å²) < 4.78 is 12.0. The lowest BCUT2D eigenvalue weighted by molar-refractivity contribution is -0.149. The van der Waals surface area contributed by atoms with Gasteiger partial charge in [0.05, 0.1) is 13.2 Å². The summed E-state index contributed by atoms with van der Waals surface area (Å²) in [5.74, 6) is -0.645. The molecule has 0 N–H and O–H groups in total. The maximum Gasteiger partial charge on any atom is 0.192 e. The standard InChI is InChI=1S/C10H10BrClO2/c1-10(13-2-3-14-10)7-4-8(11)6-9(12)5-7/h4-6H,2-3H2,1H3. The van der Waals surface area contributed by atoms with E-state index >= 15 is 0 Å². The molecule has 1 aromatic rings. The SMILES string of the molecule is CC1(c2cc(Cl)cc(Br)c2)OCCO1.